The molecule has 0 aliphatic carbocycles. The molecule has 65 valence electrons. The fourth-order valence-electron chi connectivity index (χ4n) is 1.26. The molecule has 0 spiro atoms. The molecule has 1 heteroatoms. The first-order chi connectivity index (χ1) is 5.65. The zero-order valence-corrected chi connectivity index (χ0v) is 7.98. The van der Waals surface area contributed by atoms with Gasteiger partial charge in [-0.15, -0.1) is 0 Å². The maximum atomic E-state index is 5.39. The van der Waals surface area contributed by atoms with Crippen molar-refractivity contribution in [3.05, 3.63) is 35.7 Å². The summed E-state index contributed by atoms with van der Waals surface area (Å²) in [7, 11) is 0. The number of hydrogen-bond donors (Lipinski definition) is 0. The van der Waals surface area contributed by atoms with E-state index in [1.807, 2.05) is 6.07 Å². The zero-order valence-electron chi connectivity index (χ0n) is 7.98. The lowest BCUT2D eigenvalue weighted by Gasteiger charge is -2.10. The molecule has 0 unspecified atom stereocenters. The van der Waals surface area contributed by atoms with Crippen molar-refractivity contribution in [2.24, 2.45) is 0 Å². The molecule has 0 heterocycles. The van der Waals surface area contributed by atoms with Crippen LogP contribution in [-0.4, -0.2) is 6.61 Å². The van der Waals surface area contributed by atoms with E-state index in [0.29, 0.717) is 6.61 Å². The van der Waals surface area contributed by atoms with Gasteiger partial charge >= 0.3 is 0 Å². The van der Waals surface area contributed by atoms with E-state index in [1.165, 1.54) is 16.7 Å². The highest BCUT2D eigenvalue weighted by Crippen LogP contribution is 2.22. The average Bonchev–Trinajstić information content (AvgIpc) is 2.00. The number of hydrogen-bond acceptors (Lipinski definition) is 1. The Morgan fingerprint density at radius 3 is 2.50 bits per heavy atom. The van der Waals surface area contributed by atoms with Crippen LogP contribution in [0.1, 0.15) is 16.7 Å². The molecule has 1 radical (unpaired) electrons. The molecule has 1 aromatic rings. The van der Waals surface area contributed by atoms with Gasteiger partial charge in [-0.1, -0.05) is 6.07 Å². The van der Waals surface area contributed by atoms with Gasteiger partial charge in [-0.05, 0) is 50.5 Å². The highest BCUT2D eigenvalue weighted by molar-refractivity contribution is 5.41. The van der Waals surface area contributed by atoms with Gasteiger partial charge in [0.2, 0.25) is 0 Å². The third kappa shape index (κ3) is 1.79. The second-order valence-corrected chi connectivity index (χ2v) is 3.05. The van der Waals surface area contributed by atoms with Gasteiger partial charge in [-0.25, -0.2) is 0 Å². The van der Waals surface area contributed by atoms with E-state index >= 15 is 0 Å². The summed E-state index contributed by atoms with van der Waals surface area (Å²) < 4.78 is 5.39. The third-order valence-electron chi connectivity index (χ3n) is 2.02. The summed E-state index contributed by atoms with van der Waals surface area (Å²) in [6.45, 7) is 10.4. The van der Waals surface area contributed by atoms with Gasteiger partial charge in [-0.3, -0.25) is 0 Å². The monoisotopic (exact) mass is 163 g/mol. The number of rotatable bonds is 2. The fraction of sp³-hybridized carbons (Fsp3) is 0.364. The van der Waals surface area contributed by atoms with Crippen LogP contribution >= 0.6 is 0 Å². The van der Waals surface area contributed by atoms with Gasteiger partial charge < -0.3 is 4.74 Å². The molecule has 0 atom stereocenters. The lowest BCUT2D eigenvalue weighted by molar-refractivity contribution is 0.358. The molecular formula is C11H15O. The van der Waals surface area contributed by atoms with E-state index in [4.69, 9.17) is 4.74 Å². The summed E-state index contributed by atoms with van der Waals surface area (Å²) in [5, 5.41) is 0. The minimum atomic E-state index is 0.490. The molecule has 0 aliphatic rings. The zero-order chi connectivity index (χ0) is 9.14. The fourth-order valence-corrected chi connectivity index (χ4v) is 1.26. The van der Waals surface area contributed by atoms with Crippen LogP contribution in [0.3, 0.4) is 0 Å². The van der Waals surface area contributed by atoms with Crippen molar-refractivity contribution in [1.29, 1.82) is 0 Å². The number of aryl methyl sites for hydroxylation is 2. The molecule has 0 bridgehead atoms. The van der Waals surface area contributed by atoms with Gasteiger partial charge in [-0.2, -0.15) is 0 Å². The van der Waals surface area contributed by atoms with E-state index < -0.39 is 0 Å². The largest absolute Gasteiger partial charge is 0.493 e. The molecule has 0 aromatic heterocycles. The van der Waals surface area contributed by atoms with Crippen LogP contribution in [0, 0.1) is 27.7 Å². The Hall–Kier alpha value is -0.980. The minimum Gasteiger partial charge on any atom is -0.493 e. The van der Waals surface area contributed by atoms with E-state index in [-0.39, 0.29) is 0 Å². The van der Waals surface area contributed by atoms with Crippen LogP contribution in [0.4, 0.5) is 0 Å². The molecule has 1 nitrogen and oxygen atoms in total. The van der Waals surface area contributed by atoms with Crippen LogP contribution in [-0.2, 0) is 0 Å². The SMILES string of the molecule is [CH2]COc1cc(C)cc(C)c1C. The topological polar surface area (TPSA) is 9.23 Å². The first-order valence-electron chi connectivity index (χ1n) is 4.15. The molecule has 0 aliphatic heterocycles. The molecule has 0 saturated carbocycles. The minimum absolute atomic E-state index is 0.490. The summed E-state index contributed by atoms with van der Waals surface area (Å²) in [4.78, 5) is 0. The van der Waals surface area contributed by atoms with Crippen molar-refractivity contribution in [3.8, 4) is 5.75 Å². The first-order valence-corrected chi connectivity index (χ1v) is 4.15. The van der Waals surface area contributed by atoms with Crippen LogP contribution in [0.5, 0.6) is 5.75 Å². The van der Waals surface area contributed by atoms with E-state index in [1.54, 1.807) is 0 Å². The molecule has 0 amide bonds. The van der Waals surface area contributed by atoms with Crippen molar-refractivity contribution in [3.63, 3.8) is 0 Å². The van der Waals surface area contributed by atoms with E-state index in [2.05, 4.69) is 33.8 Å². The smallest absolute Gasteiger partial charge is 0.122 e. The van der Waals surface area contributed by atoms with Crippen LogP contribution in [0.25, 0.3) is 0 Å². The second-order valence-electron chi connectivity index (χ2n) is 3.05. The average molecular weight is 163 g/mol. The molecule has 0 fully saturated rings. The third-order valence-corrected chi connectivity index (χ3v) is 2.02. The van der Waals surface area contributed by atoms with Gasteiger partial charge in [0, 0.05) is 0 Å². The summed E-state index contributed by atoms with van der Waals surface area (Å²) in [5.74, 6) is 0.961. The summed E-state index contributed by atoms with van der Waals surface area (Å²) in [5.41, 5.74) is 3.73. The maximum absolute atomic E-state index is 5.39. The van der Waals surface area contributed by atoms with Gasteiger partial charge in [0.1, 0.15) is 5.75 Å². The molecular weight excluding hydrogens is 148 g/mol. The highest BCUT2D eigenvalue weighted by atomic mass is 16.5. The number of ether oxygens (including phenoxy) is 1. The van der Waals surface area contributed by atoms with Gasteiger partial charge in [0.15, 0.2) is 0 Å². The lowest BCUT2D eigenvalue weighted by atomic mass is 10.1. The van der Waals surface area contributed by atoms with Crippen molar-refractivity contribution in [2.45, 2.75) is 20.8 Å². The molecule has 0 N–H and O–H groups in total. The number of benzene rings is 1. The predicted octanol–water partition coefficient (Wildman–Crippen LogP) is 2.82. The van der Waals surface area contributed by atoms with Crippen LogP contribution < -0.4 is 4.74 Å². The van der Waals surface area contributed by atoms with Crippen molar-refractivity contribution in [2.75, 3.05) is 6.61 Å². The Balaban J connectivity index is 3.09. The van der Waals surface area contributed by atoms with Crippen LogP contribution in [0.15, 0.2) is 12.1 Å². The van der Waals surface area contributed by atoms with Crippen LogP contribution in [0.2, 0.25) is 0 Å². The van der Waals surface area contributed by atoms with E-state index in [0.717, 1.165) is 5.75 Å². The van der Waals surface area contributed by atoms with Gasteiger partial charge in [0.05, 0.1) is 6.61 Å². The lowest BCUT2D eigenvalue weighted by Crippen LogP contribution is -1.96. The van der Waals surface area contributed by atoms with E-state index in [9.17, 15) is 0 Å². The predicted molar refractivity (Wildman–Crippen MR) is 51.5 cm³/mol. The van der Waals surface area contributed by atoms with Crippen molar-refractivity contribution >= 4 is 0 Å². The normalized spacial score (nSPS) is 10.0. The molecule has 1 rings (SSSR count). The Labute approximate surface area is 74.4 Å². The quantitative estimate of drug-likeness (QED) is 0.651. The Morgan fingerprint density at radius 2 is 1.92 bits per heavy atom. The molecule has 12 heavy (non-hydrogen) atoms. The highest BCUT2D eigenvalue weighted by Gasteiger charge is 2.01. The van der Waals surface area contributed by atoms with Crippen molar-refractivity contribution < 1.29 is 4.74 Å². The van der Waals surface area contributed by atoms with Crippen molar-refractivity contribution in [1.82, 2.24) is 0 Å². The Bertz CT molecular complexity index is 277. The Kier molecular flexibility index (Phi) is 2.74. The second kappa shape index (κ2) is 3.61. The summed E-state index contributed by atoms with van der Waals surface area (Å²) in [6, 6.07) is 4.21. The molecule has 1 aromatic carbocycles. The first kappa shape index (κ1) is 9.11. The maximum Gasteiger partial charge on any atom is 0.122 e. The Morgan fingerprint density at radius 1 is 1.25 bits per heavy atom. The standard InChI is InChI=1S/C11H15O/c1-5-12-11-7-8(2)6-9(3)10(11)4/h6-7H,1,5H2,2-4H3. The summed E-state index contributed by atoms with van der Waals surface area (Å²) in [6.07, 6.45) is 0. The molecule has 0 saturated heterocycles. The summed E-state index contributed by atoms with van der Waals surface area (Å²) >= 11 is 0. The van der Waals surface area contributed by atoms with Gasteiger partial charge in [0.25, 0.3) is 0 Å².